The molecule has 1 unspecified atom stereocenters. The SMILES string of the molecule is C=COC=C.CCCCCC(CO)CCC. The van der Waals surface area contributed by atoms with Gasteiger partial charge < -0.3 is 9.84 Å². The van der Waals surface area contributed by atoms with Gasteiger partial charge in [-0.2, -0.15) is 0 Å². The number of aliphatic hydroxyl groups is 1. The maximum absolute atomic E-state index is 8.96. The molecule has 0 radical (unpaired) electrons. The lowest BCUT2D eigenvalue weighted by molar-refractivity contribution is 0.207. The molecule has 1 N–H and O–H groups in total. The van der Waals surface area contributed by atoms with E-state index in [1.54, 1.807) is 0 Å². The molecule has 0 rings (SSSR count). The molecule has 0 spiro atoms. The summed E-state index contributed by atoms with van der Waals surface area (Å²) < 4.78 is 4.36. The summed E-state index contributed by atoms with van der Waals surface area (Å²) in [6.07, 6.45) is 10.1. The molecule has 16 heavy (non-hydrogen) atoms. The van der Waals surface area contributed by atoms with Crippen LogP contribution in [0, 0.1) is 5.92 Å². The van der Waals surface area contributed by atoms with Gasteiger partial charge in [-0.05, 0) is 18.8 Å². The zero-order chi connectivity index (χ0) is 12.6. The van der Waals surface area contributed by atoms with Crippen LogP contribution in [0.3, 0.4) is 0 Å². The van der Waals surface area contributed by atoms with Crippen molar-refractivity contribution in [3.8, 4) is 0 Å². The highest BCUT2D eigenvalue weighted by molar-refractivity contribution is 4.57. The van der Waals surface area contributed by atoms with Crippen molar-refractivity contribution in [2.24, 2.45) is 5.92 Å². The van der Waals surface area contributed by atoms with Crippen LogP contribution in [0.25, 0.3) is 0 Å². The first-order valence-electron chi connectivity index (χ1n) is 6.24. The normalized spacial score (nSPS) is 10.9. The van der Waals surface area contributed by atoms with Crippen LogP contribution in [0.1, 0.15) is 52.4 Å². The van der Waals surface area contributed by atoms with E-state index in [0.29, 0.717) is 12.5 Å². The number of rotatable bonds is 9. The Bertz CT molecular complexity index is 138. The maximum Gasteiger partial charge on any atom is 0.0829 e. The summed E-state index contributed by atoms with van der Waals surface area (Å²) in [5, 5.41) is 8.96. The van der Waals surface area contributed by atoms with Crippen molar-refractivity contribution in [3.63, 3.8) is 0 Å². The van der Waals surface area contributed by atoms with Crippen LogP contribution in [0.5, 0.6) is 0 Å². The fraction of sp³-hybridized carbons (Fsp3) is 0.714. The lowest BCUT2D eigenvalue weighted by atomic mass is 9.98. The van der Waals surface area contributed by atoms with Gasteiger partial charge in [0, 0.05) is 6.61 Å². The molecule has 96 valence electrons. The van der Waals surface area contributed by atoms with Crippen molar-refractivity contribution in [3.05, 3.63) is 25.7 Å². The molecule has 0 bridgehead atoms. The van der Waals surface area contributed by atoms with Crippen LogP contribution in [-0.4, -0.2) is 11.7 Å². The molecule has 0 heterocycles. The summed E-state index contributed by atoms with van der Waals surface area (Å²) in [6.45, 7) is 11.3. The summed E-state index contributed by atoms with van der Waals surface area (Å²) in [6, 6.07) is 0. The van der Waals surface area contributed by atoms with Crippen LogP contribution in [-0.2, 0) is 4.74 Å². The lowest BCUT2D eigenvalue weighted by Gasteiger charge is -2.11. The van der Waals surface area contributed by atoms with Gasteiger partial charge in [-0.25, -0.2) is 0 Å². The molecule has 0 aromatic carbocycles. The molecule has 0 aliphatic rings. The number of unbranched alkanes of at least 4 members (excludes halogenated alkanes) is 2. The van der Waals surface area contributed by atoms with E-state index in [0.717, 1.165) is 0 Å². The van der Waals surface area contributed by atoms with Crippen molar-refractivity contribution in [1.82, 2.24) is 0 Å². The molecule has 2 nitrogen and oxygen atoms in total. The topological polar surface area (TPSA) is 29.5 Å². The van der Waals surface area contributed by atoms with Gasteiger partial charge in [0.1, 0.15) is 0 Å². The average Bonchev–Trinajstić information content (AvgIpc) is 2.30. The van der Waals surface area contributed by atoms with Gasteiger partial charge in [0.25, 0.3) is 0 Å². The molecule has 0 amide bonds. The first-order valence-corrected chi connectivity index (χ1v) is 6.24. The molecular formula is C14H28O2. The Morgan fingerprint density at radius 2 is 1.69 bits per heavy atom. The fourth-order valence-corrected chi connectivity index (χ4v) is 1.49. The van der Waals surface area contributed by atoms with Crippen molar-refractivity contribution < 1.29 is 9.84 Å². The quantitative estimate of drug-likeness (QED) is 0.472. The van der Waals surface area contributed by atoms with E-state index in [2.05, 4.69) is 31.7 Å². The number of aliphatic hydroxyl groups excluding tert-OH is 1. The zero-order valence-corrected chi connectivity index (χ0v) is 11.0. The summed E-state index contributed by atoms with van der Waals surface area (Å²) >= 11 is 0. The summed E-state index contributed by atoms with van der Waals surface area (Å²) in [5.74, 6) is 0.576. The average molecular weight is 228 g/mol. The molecule has 0 aromatic heterocycles. The van der Waals surface area contributed by atoms with Crippen LogP contribution in [0.2, 0.25) is 0 Å². The second kappa shape index (κ2) is 16.7. The summed E-state index contributed by atoms with van der Waals surface area (Å²) in [5.41, 5.74) is 0. The molecule has 0 aliphatic carbocycles. The van der Waals surface area contributed by atoms with Crippen molar-refractivity contribution in [2.45, 2.75) is 52.4 Å². The molecule has 1 atom stereocenters. The minimum absolute atomic E-state index is 0.386. The minimum atomic E-state index is 0.386. The summed E-state index contributed by atoms with van der Waals surface area (Å²) in [7, 11) is 0. The maximum atomic E-state index is 8.96. The molecule has 0 saturated carbocycles. The molecule has 0 saturated heterocycles. The van der Waals surface area contributed by atoms with Crippen LogP contribution in [0.4, 0.5) is 0 Å². The van der Waals surface area contributed by atoms with E-state index in [9.17, 15) is 0 Å². The summed E-state index contributed by atoms with van der Waals surface area (Å²) in [4.78, 5) is 0. The monoisotopic (exact) mass is 228 g/mol. The van der Waals surface area contributed by atoms with E-state index in [4.69, 9.17) is 5.11 Å². The predicted molar refractivity (Wildman–Crippen MR) is 71.1 cm³/mol. The largest absolute Gasteiger partial charge is 0.474 e. The number of hydrogen-bond acceptors (Lipinski definition) is 2. The van der Waals surface area contributed by atoms with Crippen molar-refractivity contribution in [2.75, 3.05) is 6.61 Å². The first kappa shape index (κ1) is 17.6. The predicted octanol–water partition coefficient (Wildman–Crippen LogP) is 4.27. The lowest BCUT2D eigenvalue weighted by Crippen LogP contribution is -2.05. The highest BCUT2D eigenvalue weighted by Crippen LogP contribution is 2.14. The smallest absolute Gasteiger partial charge is 0.0829 e. The Morgan fingerprint density at radius 1 is 1.06 bits per heavy atom. The standard InChI is InChI=1S/C10H22O.C4H6O/c1-3-5-6-8-10(9-11)7-4-2;1-3-5-4-2/h10-11H,3-9H2,1-2H3;3-4H,1-2H2. The van der Waals surface area contributed by atoms with E-state index < -0.39 is 0 Å². The Kier molecular flexibility index (Phi) is 18.4. The fourth-order valence-electron chi connectivity index (χ4n) is 1.49. The van der Waals surface area contributed by atoms with Gasteiger partial charge in [0.05, 0.1) is 12.5 Å². The molecule has 2 heteroatoms. The molecule has 0 fully saturated rings. The van der Waals surface area contributed by atoms with Gasteiger partial charge >= 0.3 is 0 Å². The second-order valence-electron chi connectivity index (χ2n) is 3.80. The van der Waals surface area contributed by atoms with E-state index in [1.165, 1.54) is 51.0 Å². The van der Waals surface area contributed by atoms with Crippen LogP contribution in [0.15, 0.2) is 25.7 Å². The van der Waals surface area contributed by atoms with E-state index >= 15 is 0 Å². The molecule has 0 aromatic rings. The van der Waals surface area contributed by atoms with Gasteiger partial charge in [-0.3, -0.25) is 0 Å². The molecular weight excluding hydrogens is 200 g/mol. The Balaban J connectivity index is 0. The second-order valence-corrected chi connectivity index (χ2v) is 3.80. The zero-order valence-electron chi connectivity index (χ0n) is 11.0. The minimum Gasteiger partial charge on any atom is -0.474 e. The van der Waals surface area contributed by atoms with Gasteiger partial charge in [0.2, 0.25) is 0 Å². The Hall–Kier alpha value is -0.760. The van der Waals surface area contributed by atoms with E-state index in [-0.39, 0.29) is 0 Å². The highest BCUT2D eigenvalue weighted by Gasteiger charge is 2.04. The van der Waals surface area contributed by atoms with Gasteiger partial charge in [0.15, 0.2) is 0 Å². The Labute approximate surface area is 101 Å². The van der Waals surface area contributed by atoms with Gasteiger partial charge in [-0.1, -0.05) is 52.7 Å². The first-order chi connectivity index (χ1) is 7.76. The Morgan fingerprint density at radius 3 is 2.00 bits per heavy atom. The third-order valence-corrected chi connectivity index (χ3v) is 2.36. The number of hydrogen-bond donors (Lipinski definition) is 1. The molecule has 0 aliphatic heterocycles. The van der Waals surface area contributed by atoms with Crippen molar-refractivity contribution in [1.29, 1.82) is 0 Å². The third-order valence-electron chi connectivity index (χ3n) is 2.36. The van der Waals surface area contributed by atoms with Crippen LogP contribution >= 0.6 is 0 Å². The van der Waals surface area contributed by atoms with E-state index in [1.807, 2.05) is 0 Å². The van der Waals surface area contributed by atoms with Crippen LogP contribution < -0.4 is 0 Å². The highest BCUT2D eigenvalue weighted by atomic mass is 16.5. The number of ether oxygens (including phenoxy) is 1. The van der Waals surface area contributed by atoms with Crippen molar-refractivity contribution >= 4 is 0 Å². The van der Waals surface area contributed by atoms with Gasteiger partial charge in [-0.15, -0.1) is 0 Å². The third kappa shape index (κ3) is 15.7.